The molecular weight excluding hydrogens is 507 g/mol. The summed E-state index contributed by atoms with van der Waals surface area (Å²) in [5, 5.41) is 25.2. The van der Waals surface area contributed by atoms with Crippen molar-refractivity contribution in [2.24, 2.45) is 5.41 Å². The number of aliphatic hydroxyl groups is 2. The van der Waals surface area contributed by atoms with Crippen LogP contribution in [-0.4, -0.2) is 60.0 Å². The van der Waals surface area contributed by atoms with Crippen LogP contribution < -0.4 is 10.1 Å². The quantitative estimate of drug-likeness (QED) is 0.325. The topological polar surface area (TPSA) is 77.8 Å². The number of aliphatic hydroxyl groups excluding tert-OH is 2. The van der Waals surface area contributed by atoms with Crippen LogP contribution in [0.1, 0.15) is 37.4 Å². The van der Waals surface area contributed by atoms with Gasteiger partial charge in [-0.05, 0) is 62.4 Å². The van der Waals surface area contributed by atoms with E-state index in [0.717, 1.165) is 5.39 Å². The fraction of sp³-hybridized carbons (Fsp3) is 0.444. The van der Waals surface area contributed by atoms with Gasteiger partial charge in [0.25, 0.3) is 0 Å². The minimum atomic E-state index is -0.963. The number of methoxy groups -OCH3 is 1. The number of halogens is 4. The van der Waals surface area contributed by atoms with E-state index in [1.807, 2.05) is 12.1 Å². The van der Waals surface area contributed by atoms with Gasteiger partial charge in [0.05, 0.1) is 23.8 Å². The molecule has 2 heterocycles. The fourth-order valence-electron chi connectivity index (χ4n) is 5.01. The van der Waals surface area contributed by atoms with Crippen molar-refractivity contribution in [3.8, 4) is 5.75 Å². The third-order valence-electron chi connectivity index (χ3n) is 7.34. The van der Waals surface area contributed by atoms with Gasteiger partial charge >= 0.3 is 0 Å². The Kier molecular flexibility index (Phi) is 8.79. The predicted octanol–water partition coefficient (Wildman–Crippen LogP) is 5.31. The van der Waals surface area contributed by atoms with E-state index in [-0.39, 0.29) is 17.7 Å². The van der Waals surface area contributed by atoms with Gasteiger partial charge in [0, 0.05) is 49.0 Å². The molecular formula is C27H31ClF3N3O3. The zero-order valence-corrected chi connectivity index (χ0v) is 21.4. The minimum Gasteiger partial charge on any atom is -0.497 e. The van der Waals surface area contributed by atoms with Crippen molar-refractivity contribution in [2.75, 3.05) is 45.2 Å². The van der Waals surface area contributed by atoms with Crippen LogP contribution in [0, 0.1) is 22.9 Å². The maximum absolute atomic E-state index is 13.8. The Labute approximate surface area is 219 Å². The van der Waals surface area contributed by atoms with Gasteiger partial charge in [0.2, 0.25) is 0 Å². The van der Waals surface area contributed by atoms with E-state index in [1.165, 1.54) is 6.20 Å². The Hall–Kier alpha value is -2.59. The Bertz CT molecular complexity index is 1220. The van der Waals surface area contributed by atoms with E-state index in [0.29, 0.717) is 85.8 Å². The predicted molar refractivity (Wildman–Crippen MR) is 137 cm³/mol. The molecule has 1 fully saturated rings. The van der Waals surface area contributed by atoms with Crippen molar-refractivity contribution in [3.05, 3.63) is 64.6 Å². The third kappa shape index (κ3) is 6.29. The summed E-state index contributed by atoms with van der Waals surface area (Å²) in [5.41, 5.74) is 0.630. The molecule has 3 N–H and O–H groups in total. The second-order valence-corrected chi connectivity index (χ2v) is 10.0. The van der Waals surface area contributed by atoms with Crippen molar-refractivity contribution >= 4 is 28.2 Å². The normalized spacial score (nSPS) is 16.6. The highest BCUT2D eigenvalue weighted by Crippen LogP contribution is 2.40. The molecule has 1 unspecified atom stereocenters. The van der Waals surface area contributed by atoms with E-state index < -0.39 is 23.6 Å². The Balaban J connectivity index is 1.33. The molecule has 6 nitrogen and oxygen atoms in total. The first kappa shape index (κ1) is 27.4. The molecule has 4 rings (SSSR count). The van der Waals surface area contributed by atoms with Crippen LogP contribution in [0.5, 0.6) is 5.75 Å². The second-order valence-electron chi connectivity index (χ2n) is 9.63. The fourth-order valence-corrected chi connectivity index (χ4v) is 5.29. The number of piperidine rings is 1. The molecule has 10 heteroatoms. The van der Waals surface area contributed by atoms with Gasteiger partial charge in [-0.15, -0.1) is 0 Å². The molecule has 0 aliphatic carbocycles. The molecule has 0 spiro atoms. The number of anilines is 1. The van der Waals surface area contributed by atoms with E-state index in [4.69, 9.17) is 16.3 Å². The van der Waals surface area contributed by atoms with Crippen LogP contribution in [-0.2, 0) is 0 Å². The first-order chi connectivity index (χ1) is 17.7. The van der Waals surface area contributed by atoms with Crippen LogP contribution in [0.15, 0.2) is 36.5 Å². The van der Waals surface area contributed by atoms with E-state index in [9.17, 15) is 23.4 Å². The van der Waals surface area contributed by atoms with Crippen LogP contribution in [0.4, 0.5) is 18.9 Å². The molecule has 200 valence electrons. The van der Waals surface area contributed by atoms with E-state index in [1.54, 1.807) is 13.2 Å². The molecule has 1 aliphatic heterocycles. The molecule has 2 aromatic carbocycles. The van der Waals surface area contributed by atoms with Crippen LogP contribution in [0.3, 0.4) is 0 Å². The number of likely N-dealkylation sites (tertiary alicyclic amines) is 1. The van der Waals surface area contributed by atoms with Gasteiger partial charge in [0.1, 0.15) is 17.3 Å². The van der Waals surface area contributed by atoms with E-state index >= 15 is 0 Å². The zero-order valence-electron chi connectivity index (χ0n) is 20.6. The van der Waals surface area contributed by atoms with Crippen molar-refractivity contribution < 1.29 is 28.1 Å². The first-order valence-electron chi connectivity index (χ1n) is 12.3. The summed E-state index contributed by atoms with van der Waals surface area (Å²) in [6, 6.07) is 6.73. The van der Waals surface area contributed by atoms with Gasteiger partial charge in [-0.2, -0.15) is 0 Å². The summed E-state index contributed by atoms with van der Waals surface area (Å²) in [6.07, 6.45) is 3.15. The van der Waals surface area contributed by atoms with Crippen LogP contribution >= 0.6 is 11.6 Å². The summed E-state index contributed by atoms with van der Waals surface area (Å²) < 4.78 is 46.1. The number of pyridine rings is 1. The number of nitrogens with zero attached hydrogens (tertiary/aromatic N) is 2. The van der Waals surface area contributed by atoms with Crippen molar-refractivity contribution in [3.63, 3.8) is 0 Å². The Morgan fingerprint density at radius 3 is 2.51 bits per heavy atom. The number of rotatable bonds is 10. The molecule has 1 aliphatic rings. The smallest absolute Gasteiger partial charge is 0.152 e. The molecule has 0 saturated carbocycles. The Morgan fingerprint density at radius 1 is 1.16 bits per heavy atom. The van der Waals surface area contributed by atoms with Gasteiger partial charge in [-0.1, -0.05) is 11.6 Å². The number of hydrogen-bond donors (Lipinski definition) is 3. The maximum atomic E-state index is 13.8. The van der Waals surface area contributed by atoms with Gasteiger partial charge in [-0.3, -0.25) is 4.98 Å². The molecule has 0 amide bonds. The number of aromatic nitrogens is 1. The largest absolute Gasteiger partial charge is 0.497 e. The molecule has 0 bridgehead atoms. The zero-order chi connectivity index (χ0) is 26.6. The maximum Gasteiger partial charge on any atom is 0.152 e. The Morgan fingerprint density at radius 2 is 1.86 bits per heavy atom. The second kappa shape index (κ2) is 11.9. The molecule has 1 saturated heterocycles. The highest BCUT2D eigenvalue weighted by Gasteiger charge is 2.34. The highest BCUT2D eigenvalue weighted by atomic mass is 35.5. The lowest BCUT2D eigenvalue weighted by atomic mass is 9.74. The standard InChI is InChI=1S/C27H31ClF3N3O3/c1-37-18-2-3-23-19(14-18)25(20(28)15-33-23)24(36)4-5-27(16-35)6-9-34(10-7-27)11-8-32-26-21(30)12-17(29)13-22(26)31/h2-3,12-15,24,32,35-36H,4-11,16H2,1H3. The van der Waals surface area contributed by atoms with Crippen molar-refractivity contribution in [1.82, 2.24) is 9.88 Å². The highest BCUT2D eigenvalue weighted by molar-refractivity contribution is 6.32. The third-order valence-corrected chi connectivity index (χ3v) is 7.64. The number of nitrogens with one attached hydrogen (secondary N) is 1. The van der Waals surface area contributed by atoms with E-state index in [2.05, 4.69) is 15.2 Å². The van der Waals surface area contributed by atoms with Gasteiger partial charge < -0.3 is 25.2 Å². The van der Waals surface area contributed by atoms with Gasteiger partial charge in [0.15, 0.2) is 11.6 Å². The molecule has 0 radical (unpaired) electrons. The summed E-state index contributed by atoms with van der Waals surface area (Å²) in [6.45, 7) is 2.23. The summed E-state index contributed by atoms with van der Waals surface area (Å²) in [4.78, 5) is 6.49. The lowest BCUT2D eigenvalue weighted by Gasteiger charge is -2.41. The number of ether oxygens (including phenoxy) is 1. The minimum absolute atomic E-state index is 0.00351. The lowest BCUT2D eigenvalue weighted by Crippen LogP contribution is -2.43. The first-order valence-corrected chi connectivity index (χ1v) is 12.6. The van der Waals surface area contributed by atoms with Crippen LogP contribution in [0.25, 0.3) is 10.9 Å². The summed E-state index contributed by atoms with van der Waals surface area (Å²) in [7, 11) is 1.57. The summed E-state index contributed by atoms with van der Waals surface area (Å²) >= 11 is 6.43. The lowest BCUT2D eigenvalue weighted by molar-refractivity contribution is 0.0248. The molecule has 3 aromatic rings. The SMILES string of the molecule is COc1ccc2ncc(Cl)c(C(O)CCC3(CO)CCN(CCNc4c(F)cc(F)cc4F)CC3)c2c1. The number of hydrogen-bond acceptors (Lipinski definition) is 6. The van der Waals surface area contributed by atoms with Crippen molar-refractivity contribution in [1.29, 1.82) is 0 Å². The van der Waals surface area contributed by atoms with Gasteiger partial charge in [-0.25, -0.2) is 13.2 Å². The summed E-state index contributed by atoms with van der Waals surface area (Å²) in [5.74, 6) is -2.24. The molecule has 37 heavy (non-hydrogen) atoms. The number of benzene rings is 2. The average Bonchev–Trinajstić information content (AvgIpc) is 2.89. The number of fused-ring (bicyclic) bond motifs is 1. The van der Waals surface area contributed by atoms with Crippen molar-refractivity contribution in [2.45, 2.75) is 31.8 Å². The van der Waals surface area contributed by atoms with Crippen LogP contribution in [0.2, 0.25) is 5.02 Å². The monoisotopic (exact) mass is 537 g/mol. The molecule has 1 atom stereocenters. The molecule has 1 aromatic heterocycles. The average molecular weight is 538 g/mol.